The summed E-state index contributed by atoms with van der Waals surface area (Å²) in [5, 5.41) is 0. The molecule has 0 fully saturated rings. The molecule has 41 valence electrons. The highest BCUT2D eigenvalue weighted by molar-refractivity contribution is 5.79. The van der Waals surface area contributed by atoms with Crippen molar-refractivity contribution in [3.63, 3.8) is 0 Å². The van der Waals surface area contributed by atoms with Gasteiger partial charge in [-0.05, 0) is 6.92 Å². The molecule has 0 saturated carbocycles. The average molecular weight is 102 g/mol. The van der Waals surface area contributed by atoms with Crippen LogP contribution in [0.5, 0.6) is 0 Å². The van der Waals surface area contributed by atoms with Crippen LogP contribution in [0.1, 0.15) is 6.92 Å². The zero-order chi connectivity index (χ0) is 5.86. The van der Waals surface area contributed by atoms with Gasteiger partial charge in [0.1, 0.15) is 0 Å². The van der Waals surface area contributed by atoms with E-state index in [0.29, 0.717) is 0 Å². The van der Waals surface area contributed by atoms with Gasteiger partial charge in [-0.1, -0.05) is 0 Å². The molecule has 0 aromatic rings. The summed E-state index contributed by atoms with van der Waals surface area (Å²) in [5.41, 5.74) is 6.70. The summed E-state index contributed by atoms with van der Waals surface area (Å²) in [5.74, 6) is -0.262. The molecule has 7 heavy (non-hydrogen) atoms. The van der Waals surface area contributed by atoms with Crippen molar-refractivity contribution in [3.05, 3.63) is 0 Å². The van der Waals surface area contributed by atoms with E-state index in [2.05, 4.69) is 4.74 Å². The predicted octanol–water partition coefficient (Wildman–Crippen LogP) is -0.169. The second-order valence-corrected chi connectivity index (χ2v) is 1.23. The van der Waals surface area contributed by atoms with Gasteiger partial charge in [-0.2, -0.15) is 0 Å². The normalized spacial score (nSPS) is 13.6. The fourth-order valence-electron chi connectivity index (χ4n) is 0.166. The quantitative estimate of drug-likeness (QED) is 0.486. The molecule has 0 aromatic carbocycles. The Kier molecular flexibility index (Phi) is 2.55. The lowest BCUT2D eigenvalue weighted by atomic mass is 10.4. The van der Waals surface area contributed by atoms with Crippen molar-refractivity contribution in [1.29, 1.82) is 0 Å². The summed E-state index contributed by atoms with van der Waals surface area (Å²) >= 11 is 0. The van der Waals surface area contributed by atoms with Gasteiger partial charge >= 0.3 is 0 Å². The number of nitrogens with one attached hydrogen (secondary N) is 1. The second kappa shape index (κ2) is 2.71. The molecule has 3 nitrogen and oxygen atoms in total. The van der Waals surface area contributed by atoms with E-state index in [9.17, 15) is 4.79 Å². The van der Waals surface area contributed by atoms with Crippen LogP contribution in [0.3, 0.4) is 0 Å². The topological polar surface area (TPSA) is 50.1 Å². The monoisotopic (exact) mass is 102 g/mol. The first-order valence-corrected chi connectivity index (χ1v) is 1.93. The van der Waals surface area contributed by atoms with Crippen molar-refractivity contribution in [3.8, 4) is 0 Å². The maximum Gasteiger partial charge on any atom is 0.179 e. The number of hydrogen-bond acceptors (Lipinski definition) is 2. The van der Waals surface area contributed by atoms with Crippen molar-refractivity contribution in [2.75, 3.05) is 7.11 Å². The van der Waals surface area contributed by atoms with Crippen molar-refractivity contribution >= 4 is 5.78 Å². The van der Waals surface area contributed by atoms with Crippen LogP contribution in [0.25, 0.3) is 0 Å². The van der Waals surface area contributed by atoms with Crippen LogP contribution in [-0.4, -0.2) is 19.1 Å². The molecular weight excluding hydrogens is 94.0 g/mol. The van der Waals surface area contributed by atoms with Crippen molar-refractivity contribution in [1.82, 2.24) is 5.73 Å². The van der Waals surface area contributed by atoms with Gasteiger partial charge in [-0.15, -0.1) is 0 Å². The molecular formula is C4H8NO2. The molecule has 0 saturated heterocycles. The van der Waals surface area contributed by atoms with Crippen LogP contribution in [0.15, 0.2) is 0 Å². The Balaban J connectivity index is 3.34. The van der Waals surface area contributed by atoms with E-state index < -0.39 is 6.23 Å². The van der Waals surface area contributed by atoms with Gasteiger partial charge in [-0.3, -0.25) is 4.79 Å². The van der Waals surface area contributed by atoms with Crippen LogP contribution < -0.4 is 5.73 Å². The lowest BCUT2D eigenvalue weighted by Crippen LogP contribution is -2.20. The van der Waals surface area contributed by atoms with Gasteiger partial charge in [0, 0.05) is 7.11 Å². The van der Waals surface area contributed by atoms with E-state index in [1.807, 2.05) is 0 Å². The van der Waals surface area contributed by atoms with Gasteiger partial charge < -0.3 is 4.74 Å². The van der Waals surface area contributed by atoms with Crippen LogP contribution in [0, 0.1) is 0 Å². The van der Waals surface area contributed by atoms with E-state index in [0.717, 1.165) is 0 Å². The number of carbonyl (C=O) groups excluding carboxylic acids is 1. The molecule has 1 atom stereocenters. The number of Topliss-reactive ketones (excluding diaryl/α,β-unsaturated/α-hetero) is 1. The Hall–Kier alpha value is -0.410. The van der Waals surface area contributed by atoms with Gasteiger partial charge in [0.05, 0.1) is 0 Å². The minimum absolute atomic E-state index is 0.262. The molecule has 0 aliphatic rings. The maximum atomic E-state index is 10.1. The second-order valence-electron chi connectivity index (χ2n) is 1.23. The number of carbonyl (C=O) groups is 1. The highest BCUT2D eigenvalue weighted by atomic mass is 16.5. The summed E-state index contributed by atoms with van der Waals surface area (Å²) in [6.07, 6.45) is -0.986. The van der Waals surface area contributed by atoms with Gasteiger partial charge in [0.15, 0.2) is 12.0 Å². The van der Waals surface area contributed by atoms with Crippen LogP contribution in [0.4, 0.5) is 0 Å². The maximum absolute atomic E-state index is 10.1. The summed E-state index contributed by atoms with van der Waals surface area (Å²) in [7, 11) is 1.33. The smallest absolute Gasteiger partial charge is 0.179 e. The summed E-state index contributed by atoms with van der Waals surface area (Å²) in [6, 6.07) is 0. The molecule has 0 aromatic heterocycles. The fourth-order valence-corrected chi connectivity index (χ4v) is 0.166. The molecule has 0 spiro atoms. The van der Waals surface area contributed by atoms with Gasteiger partial charge in [0.25, 0.3) is 0 Å². The van der Waals surface area contributed by atoms with Gasteiger partial charge in [-0.25, -0.2) is 5.73 Å². The van der Waals surface area contributed by atoms with Crippen molar-refractivity contribution in [2.24, 2.45) is 0 Å². The van der Waals surface area contributed by atoms with E-state index in [1.54, 1.807) is 0 Å². The standard InChI is InChI=1S/C4H8NO2/c1-3(6)4(5)7-2/h4-5H,1-2H3. The third kappa shape index (κ3) is 2.31. The largest absolute Gasteiger partial charge is 0.358 e. The molecule has 0 aliphatic carbocycles. The molecule has 1 radical (unpaired) electrons. The number of methoxy groups -OCH3 is 1. The highest BCUT2D eigenvalue weighted by Crippen LogP contribution is 1.80. The molecule has 0 aliphatic heterocycles. The van der Waals surface area contributed by atoms with Crippen LogP contribution in [0.2, 0.25) is 0 Å². The van der Waals surface area contributed by atoms with Crippen molar-refractivity contribution in [2.45, 2.75) is 13.2 Å². The first-order valence-electron chi connectivity index (χ1n) is 1.93. The van der Waals surface area contributed by atoms with E-state index in [4.69, 9.17) is 5.73 Å². The fraction of sp³-hybridized carbons (Fsp3) is 0.750. The lowest BCUT2D eigenvalue weighted by Gasteiger charge is -1.99. The predicted molar refractivity (Wildman–Crippen MR) is 24.6 cm³/mol. The summed E-state index contributed by atoms with van der Waals surface area (Å²) in [6.45, 7) is 1.32. The molecule has 1 unspecified atom stereocenters. The molecule has 0 rings (SSSR count). The molecule has 1 N–H and O–H groups in total. The average Bonchev–Trinajstić information content (AvgIpc) is 1.65. The van der Waals surface area contributed by atoms with E-state index in [-0.39, 0.29) is 5.78 Å². The molecule has 0 amide bonds. The zero-order valence-corrected chi connectivity index (χ0v) is 4.39. The summed E-state index contributed by atoms with van der Waals surface area (Å²) in [4.78, 5) is 10.1. The van der Waals surface area contributed by atoms with E-state index >= 15 is 0 Å². The van der Waals surface area contributed by atoms with Gasteiger partial charge in [0.2, 0.25) is 0 Å². The minimum Gasteiger partial charge on any atom is -0.358 e. The van der Waals surface area contributed by atoms with Crippen molar-refractivity contribution < 1.29 is 9.53 Å². The molecule has 0 heterocycles. The number of ketones is 1. The highest BCUT2D eigenvalue weighted by Gasteiger charge is 2.03. The van der Waals surface area contributed by atoms with Crippen LogP contribution >= 0.6 is 0 Å². The number of ether oxygens (including phenoxy) is 1. The summed E-state index contributed by atoms with van der Waals surface area (Å²) < 4.78 is 4.33. The van der Waals surface area contributed by atoms with Crippen LogP contribution in [-0.2, 0) is 9.53 Å². The third-order valence-electron chi connectivity index (χ3n) is 0.605. The Morgan fingerprint density at radius 1 is 1.86 bits per heavy atom. The Labute approximate surface area is 42.4 Å². The first-order chi connectivity index (χ1) is 3.18. The SMILES string of the molecule is COC([NH])C(C)=O. The first kappa shape index (κ1) is 6.59. The number of hydrogen-bond donors (Lipinski definition) is 0. The molecule has 0 bridgehead atoms. The lowest BCUT2D eigenvalue weighted by molar-refractivity contribution is -0.126. The Morgan fingerprint density at radius 2 is 2.29 bits per heavy atom. The molecule has 3 heteroatoms. The number of rotatable bonds is 2. The third-order valence-corrected chi connectivity index (χ3v) is 0.605. The zero-order valence-electron chi connectivity index (χ0n) is 4.39. The Bertz CT molecular complexity index is 72.1. The van der Waals surface area contributed by atoms with E-state index in [1.165, 1.54) is 14.0 Å². The Morgan fingerprint density at radius 3 is 2.29 bits per heavy atom. The minimum atomic E-state index is -0.986.